The second-order valence-corrected chi connectivity index (χ2v) is 8.42. The number of aryl methyl sites for hydroxylation is 3. The van der Waals surface area contributed by atoms with Gasteiger partial charge in [-0.3, -0.25) is 4.72 Å². The molecule has 0 radical (unpaired) electrons. The number of nitrogens with one attached hydrogen (secondary N) is 1. The maximum atomic E-state index is 12.7. The fraction of sp³-hybridized carbons (Fsp3) is 0.167. The lowest BCUT2D eigenvalue weighted by Crippen LogP contribution is -2.14. The molecule has 0 spiro atoms. The molecule has 24 heavy (non-hydrogen) atoms. The second-order valence-electron chi connectivity index (χ2n) is 5.71. The Hall–Kier alpha value is -2.18. The van der Waals surface area contributed by atoms with Gasteiger partial charge in [0.1, 0.15) is 0 Å². The first-order valence-corrected chi connectivity index (χ1v) is 9.84. The van der Waals surface area contributed by atoms with E-state index in [0.717, 1.165) is 27.4 Å². The summed E-state index contributed by atoms with van der Waals surface area (Å²) < 4.78 is 28.0. The normalized spacial score (nSPS) is 11.5. The summed E-state index contributed by atoms with van der Waals surface area (Å²) in [5, 5.41) is 2.94. The summed E-state index contributed by atoms with van der Waals surface area (Å²) in [5.74, 6) is 0. The van der Waals surface area contributed by atoms with Crippen LogP contribution in [0.25, 0.3) is 11.3 Å². The molecule has 4 nitrogen and oxygen atoms in total. The Labute approximate surface area is 146 Å². The molecule has 0 amide bonds. The molecule has 0 saturated heterocycles. The summed E-state index contributed by atoms with van der Waals surface area (Å²) in [6.07, 6.45) is 0. The highest BCUT2D eigenvalue weighted by Gasteiger charge is 2.17. The van der Waals surface area contributed by atoms with E-state index in [-0.39, 0.29) is 0 Å². The van der Waals surface area contributed by atoms with Crippen LogP contribution in [0.2, 0.25) is 0 Å². The van der Waals surface area contributed by atoms with Crippen LogP contribution in [0, 0.1) is 20.8 Å². The number of rotatable bonds is 4. The van der Waals surface area contributed by atoms with Crippen molar-refractivity contribution in [3.8, 4) is 11.3 Å². The smallest absolute Gasteiger partial charge is 0.262 e. The Morgan fingerprint density at radius 1 is 1.04 bits per heavy atom. The van der Waals surface area contributed by atoms with Gasteiger partial charge in [-0.15, -0.1) is 11.3 Å². The Morgan fingerprint density at radius 3 is 2.50 bits per heavy atom. The molecule has 0 fully saturated rings. The third-order valence-electron chi connectivity index (χ3n) is 3.65. The fourth-order valence-electron chi connectivity index (χ4n) is 2.55. The first-order chi connectivity index (χ1) is 11.3. The molecule has 3 rings (SSSR count). The van der Waals surface area contributed by atoms with E-state index >= 15 is 0 Å². The van der Waals surface area contributed by atoms with Crippen molar-refractivity contribution in [2.24, 2.45) is 0 Å². The lowest BCUT2D eigenvalue weighted by atomic mass is 10.1. The molecule has 0 unspecified atom stereocenters. The largest absolute Gasteiger partial charge is 0.280 e. The van der Waals surface area contributed by atoms with E-state index in [4.69, 9.17) is 0 Å². The topological polar surface area (TPSA) is 59.1 Å². The van der Waals surface area contributed by atoms with Gasteiger partial charge in [0.15, 0.2) is 0 Å². The number of thiazole rings is 1. The molecule has 0 aliphatic carbocycles. The Kier molecular flexibility index (Phi) is 4.43. The number of hydrogen-bond acceptors (Lipinski definition) is 4. The molecule has 1 heterocycles. The Bertz CT molecular complexity index is 992. The van der Waals surface area contributed by atoms with Crippen LogP contribution in [0.5, 0.6) is 0 Å². The fourth-order valence-corrected chi connectivity index (χ4v) is 4.45. The van der Waals surface area contributed by atoms with Crippen molar-refractivity contribution in [3.63, 3.8) is 0 Å². The molecule has 0 aliphatic rings. The van der Waals surface area contributed by atoms with Crippen LogP contribution in [0.1, 0.15) is 16.1 Å². The van der Waals surface area contributed by atoms with Gasteiger partial charge in [-0.05, 0) is 44.5 Å². The van der Waals surface area contributed by atoms with Gasteiger partial charge in [0, 0.05) is 16.6 Å². The summed E-state index contributed by atoms with van der Waals surface area (Å²) in [6.45, 7) is 5.69. The van der Waals surface area contributed by atoms with Gasteiger partial charge in [-0.2, -0.15) is 0 Å². The monoisotopic (exact) mass is 358 g/mol. The maximum absolute atomic E-state index is 12.7. The van der Waals surface area contributed by atoms with Crippen molar-refractivity contribution in [2.45, 2.75) is 25.7 Å². The average Bonchev–Trinajstić information content (AvgIpc) is 2.93. The first kappa shape index (κ1) is 16.7. The minimum absolute atomic E-state index is 0.294. The molecule has 1 aromatic heterocycles. The standard InChI is InChI=1S/C18H18N2O2S2/c1-12-7-8-18(13(2)9-12)24(21,22)20-16-6-4-5-15(10-16)17-11-23-14(3)19-17/h4-11,20H,1-3H3. The predicted molar refractivity (Wildman–Crippen MR) is 99.0 cm³/mol. The molecule has 1 N–H and O–H groups in total. The van der Waals surface area contributed by atoms with Crippen LogP contribution < -0.4 is 4.72 Å². The molecular weight excluding hydrogens is 340 g/mol. The van der Waals surface area contributed by atoms with E-state index in [1.807, 2.05) is 37.4 Å². The van der Waals surface area contributed by atoms with Crippen molar-refractivity contribution in [3.05, 3.63) is 64.0 Å². The van der Waals surface area contributed by atoms with E-state index < -0.39 is 10.0 Å². The zero-order valence-corrected chi connectivity index (χ0v) is 15.3. The molecular formula is C18H18N2O2S2. The van der Waals surface area contributed by atoms with Crippen LogP contribution in [-0.2, 0) is 10.0 Å². The minimum Gasteiger partial charge on any atom is -0.280 e. The molecule has 0 saturated carbocycles. The number of sulfonamides is 1. The summed E-state index contributed by atoms with van der Waals surface area (Å²) >= 11 is 1.57. The quantitative estimate of drug-likeness (QED) is 0.745. The minimum atomic E-state index is -3.62. The number of anilines is 1. The summed E-state index contributed by atoms with van der Waals surface area (Å²) in [4.78, 5) is 4.74. The van der Waals surface area contributed by atoms with Crippen LogP contribution in [0.4, 0.5) is 5.69 Å². The third-order valence-corrected chi connectivity index (χ3v) is 5.96. The van der Waals surface area contributed by atoms with Crippen LogP contribution in [0.15, 0.2) is 52.7 Å². The molecule has 0 bridgehead atoms. The van der Waals surface area contributed by atoms with Gasteiger partial charge >= 0.3 is 0 Å². The van der Waals surface area contributed by atoms with Gasteiger partial charge in [0.2, 0.25) is 0 Å². The van der Waals surface area contributed by atoms with Crippen LogP contribution in [0.3, 0.4) is 0 Å². The Morgan fingerprint density at radius 2 is 1.83 bits per heavy atom. The van der Waals surface area contributed by atoms with Crippen molar-refractivity contribution < 1.29 is 8.42 Å². The van der Waals surface area contributed by atoms with Gasteiger partial charge in [-0.25, -0.2) is 13.4 Å². The molecule has 2 aromatic carbocycles. The second kappa shape index (κ2) is 6.37. The SMILES string of the molecule is Cc1ccc(S(=O)(=O)Nc2cccc(-c3csc(C)n3)c2)c(C)c1. The van der Waals surface area contributed by atoms with E-state index in [0.29, 0.717) is 10.6 Å². The van der Waals surface area contributed by atoms with Crippen molar-refractivity contribution in [2.75, 3.05) is 4.72 Å². The molecule has 0 aliphatic heterocycles. The summed E-state index contributed by atoms with van der Waals surface area (Å²) in [5.41, 5.74) is 4.03. The van der Waals surface area contributed by atoms with Crippen LogP contribution >= 0.6 is 11.3 Å². The highest BCUT2D eigenvalue weighted by molar-refractivity contribution is 7.92. The third kappa shape index (κ3) is 3.49. The predicted octanol–water partition coefficient (Wildman–Crippen LogP) is 4.54. The maximum Gasteiger partial charge on any atom is 0.262 e. The highest BCUT2D eigenvalue weighted by Crippen LogP contribution is 2.26. The average molecular weight is 358 g/mol. The lowest BCUT2D eigenvalue weighted by Gasteiger charge is -2.11. The molecule has 0 atom stereocenters. The molecule has 3 aromatic rings. The van der Waals surface area contributed by atoms with Gasteiger partial charge in [0.05, 0.1) is 15.6 Å². The van der Waals surface area contributed by atoms with Gasteiger partial charge in [-0.1, -0.05) is 29.8 Å². The number of nitrogens with zero attached hydrogens (tertiary/aromatic N) is 1. The summed E-state index contributed by atoms with van der Waals surface area (Å²) in [7, 11) is -3.62. The first-order valence-electron chi connectivity index (χ1n) is 7.48. The van der Waals surface area contributed by atoms with Gasteiger partial charge < -0.3 is 0 Å². The Balaban J connectivity index is 1.93. The van der Waals surface area contributed by atoms with Crippen LogP contribution in [-0.4, -0.2) is 13.4 Å². The van der Waals surface area contributed by atoms with E-state index in [9.17, 15) is 8.42 Å². The van der Waals surface area contributed by atoms with Gasteiger partial charge in [0.25, 0.3) is 10.0 Å². The van der Waals surface area contributed by atoms with E-state index in [1.54, 1.807) is 42.5 Å². The lowest BCUT2D eigenvalue weighted by molar-refractivity contribution is 0.600. The summed E-state index contributed by atoms with van der Waals surface area (Å²) in [6, 6.07) is 12.6. The number of aromatic nitrogens is 1. The van der Waals surface area contributed by atoms with Crippen molar-refractivity contribution in [1.82, 2.24) is 4.98 Å². The van der Waals surface area contributed by atoms with E-state index in [2.05, 4.69) is 9.71 Å². The van der Waals surface area contributed by atoms with Crippen molar-refractivity contribution in [1.29, 1.82) is 0 Å². The zero-order chi connectivity index (χ0) is 17.3. The zero-order valence-electron chi connectivity index (χ0n) is 13.7. The van der Waals surface area contributed by atoms with Crippen molar-refractivity contribution >= 4 is 27.0 Å². The number of benzene rings is 2. The molecule has 124 valence electrons. The van der Waals surface area contributed by atoms with E-state index in [1.165, 1.54) is 0 Å². The number of hydrogen-bond donors (Lipinski definition) is 1. The molecule has 6 heteroatoms. The highest BCUT2D eigenvalue weighted by atomic mass is 32.2.